The van der Waals surface area contributed by atoms with Gasteiger partial charge in [-0.05, 0) is 17.7 Å². The SMILES string of the molecule is OC1(c2cccc(Br)c2)CNC1. The number of hydrogen-bond acceptors (Lipinski definition) is 2. The summed E-state index contributed by atoms with van der Waals surface area (Å²) < 4.78 is 1.01. The number of benzene rings is 1. The summed E-state index contributed by atoms with van der Waals surface area (Å²) in [7, 11) is 0. The van der Waals surface area contributed by atoms with Gasteiger partial charge < -0.3 is 10.4 Å². The van der Waals surface area contributed by atoms with Crippen molar-refractivity contribution in [2.75, 3.05) is 13.1 Å². The highest BCUT2D eigenvalue weighted by molar-refractivity contribution is 9.10. The van der Waals surface area contributed by atoms with E-state index in [0.29, 0.717) is 13.1 Å². The van der Waals surface area contributed by atoms with Gasteiger partial charge in [0.15, 0.2) is 0 Å². The van der Waals surface area contributed by atoms with E-state index in [2.05, 4.69) is 21.2 Å². The van der Waals surface area contributed by atoms with E-state index in [4.69, 9.17) is 0 Å². The Kier molecular flexibility index (Phi) is 1.94. The van der Waals surface area contributed by atoms with E-state index in [1.165, 1.54) is 0 Å². The molecular weight excluding hydrogens is 218 g/mol. The van der Waals surface area contributed by atoms with Crippen molar-refractivity contribution in [2.45, 2.75) is 5.60 Å². The van der Waals surface area contributed by atoms with Crippen LogP contribution in [0.15, 0.2) is 28.7 Å². The second kappa shape index (κ2) is 2.83. The molecule has 0 aliphatic carbocycles. The highest BCUT2D eigenvalue weighted by atomic mass is 79.9. The van der Waals surface area contributed by atoms with Crippen molar-refractivity contribution in [2.24, 2.45) is 0 Å². The van der Waals surface area contributed by atoms with Crippen molar-refractivity contribution in [1.29, 1.82) is 0 Å². The Balaban J connectivity index is 2.33. The van der Waals surface area contributed by atoms with Crippen LogP contribution in [0.5, 0.6) is 0 Å². The average molecular weight is 228 g/mol. The fraction of sp³-hybridized carbons (Fsp3) is 0.333. The second-order valence-electron chi connectivity index (χ2n) is 3.15. The van der Waals surface area contributed by atoms with Gasteiger partial charge in [-0.15, -0.1) is 0 Å². The van der Waals surface area contributed by atoms with Crippen LogP contribution in [-0.4, -0.2) is 18.2 Å². The first-order valence-electron chi connectivity index (χ1n) is 3.90. The zero-order valence-electron chi connectivity index (χ0n) is 6.55. The molecule has 3 heteroatoms. The van der Waals surface area contributed by atoms with Gasteiger partial charge in [0.2, 0.25) is 0 Å². The van der Waals surface area contributed by atoms with Crippen LogP contribution in [0.2, 0.25) is 0 Å². The van der Waals surface area contributed by atoms with Crippen LogP contribution in [0, 0.1) is 0 Å². The number of aliphatic hydroxyl groups is 1. The lowest BCUT2D eigenvalue weighted by molar-refractivity contribution is -0.0147. The number of hydrogen-bond donors (Lipinski definition) is 2. The third kappa shape index (κ3) is 1.28. The largest absolute Gasteiger partial charge is 0.382 e. The highest BCUT2D eigenvalue weighted by Gasteiger charge is 2.35. The van der Waals surface area contributed by atoms with E-state index < -0.39 is 5.60 Å². The van der Waals surface area contributed by atoms with E-state index in [1.54, 1.807) is 0 Å². The van der Waals surface area contributed by atoms with E-state index in [0.717, 1.165) is 10.0 Å². The van der Waals surface area contributed by atoms with Crippen molar-refractivity contribution in [1.82, 2.24) is 5.32 Å². The monoisotopic (exact) mass is 227 g/mol. The van der Waals surface area contributed by atoms with Crippen LogP contribution in [-0.2, 0) is 5.60 Å². The van der Waals surface area contributed by atoms with Crippen molar-refractivity contribution in [3.63, 3.8) is 0 Å². The molecule has 1 saturated heterocycles. The molecule has 0 saturated carbocycles. The predicted octanol–water partition coefficient (Wildman–Crippen LogP) is 1.24. The Bertz CT molecular complexity index is 296. The average Bonchev–Trinajstić information content (AvgIpc) is 2.00. The molecule has 1 heterocycles. The van der Waals surface area contributed by atoms with Crippen molar-refractivity contribution in [3.8, 4) is 0 Å². The molecule has 1 aliphatic rings. The van der Waals surface area contributed by atoms with Crippen molar-refractivity contribution in [3.05, 3.63) is 34.3 Å². The Hall–Kier alpha value is -0.380. The molecule has 1 aromatic rings. The summed E-state index contributed by atoms with van der Waals surface area (Å²) in [6.07, 6.45) is 0. The van der Waals surface area contributed by atoms with Gasteiger partial charge in [-0.25, -0.2) is 0 Å². The van der Waals surface area contributed by atoms with E-state index >= 15 is 0 Å². The minimum Gasteiger partial charge on any atom is -0.382 e. The number of nitrogens with one attached hydrogen (secondary N) is 1. The van der Waals surface area contributed by atoms with Gasteiger partial charge in [0.1, 0.15) is 5.60 Å². The number of halogens is 1. The molecule has 2 nitrogen and oxygen atoms in total. The van der Waals surface area contributed by atoms with E-state index in [9.17, 15) is 5.11 Å². The lowest BCUT2D eigenvalue weighted by atomic mass is 9.88. The van der Waals surface area contributed by atoms with Crippen LogP contribution < -0.4 is 5.32 Å². The molecule has 0 bridgehead atoms. The van der Waals surface area contributed by atoms with Gasteiger partial charge in [0, 0.05) is 17.6 Å². The molecule has 64 valence electrons. The first-order chi connectivity index (χ1) is 5.71. The van der Waals surface area contributed by atoms with Gasteiger partial charge in [-0.1, -0.05) is 28.1 Å². The summed E-state index contributed by atoms with van der Waals surface area (Å²) in [5.74, 6) is 0. The maximum Gasteiger partial charge on any atom is 0.114 e. The lowest BCUT2D eigenvalue weighted by Crippen LogP contribution is -2.56. The van der Waals surface area contributed by atoms with Gasteiger partial charge in [0.25, 0.3) is 0 Å². The number of β-amino-alcohol motifs (C(OH)–C–C–N with tert-alkyl or cyclic N) is 1. The molecule has 2 N–H and O–H groups in total. The highest BCUT2D eigenvalue weighted by Crippen LogP contribution is 2.26. The van der Waals surface area contributed by atoms with Crippen LogP contribution in [0.1, 0.15) is 5.56 Å². The first kappa shape index (κ1) is 8.23. The molecular formula is C9H10BrNO. The Morgan fingerprint density at radius 1 is 1.42 bits per heavy atom. The molecule has 0 unspecified atom stereocenters. The Morgan fingerprint density at radius 3 is 2.67 bits per heavy atom. The third-order valence-electron chi connectivity index (χ3n) is 2.20. The van der Waals surface area contributed by atoms with Gasteiger partial charge in [0.05, 0.1) is 0 Å². The molecule has 0 spiro atoms. The maximum absolute atomic E-state index is 9.92. The quantitative estimate of drug-likeness (QED) is 0.757. The Morgan fingerprint density at radius 2 is 2.17 bits per heavy atom. The molecule has 1 aliphatic heterocycles. The Labute approximate surface area is 79.7 Å². The fourth-order valence-electron chi connectivity index (χ4n) is 1.34. The zero-order chi connectivity index (χ0) is 8.60. The summed E-state index contributed by atoms with van der Waals surface area (Å²) in [4.78, 5) is 0. The lowest BCUT2D eigenvalue weighted by Gasteiger charge is -2.38. The van der Waals surface area contributed by atoms with Crippen LogP contribution >= 0.6 is 15.9 Å². The molecule has 0 radical (unpaired) electrons. The van der Waals surface area contributed by atoms with E-state index in [1.807, 2.05) is 24.3 Å². The van der Waals surface area contributed by atoms with Gasteiger partial charge >= 0.3 is 0 Å². The van der Waals surface area contributed by atoms with Crippen LogP contribution in [0.25, 0.3) is 0 Å². The molecule has 0 atom stereocenters. The normalized spacial score (nSPS) is 20.2. The van der Waals surface area contributed by atoms with Crippen molar-refractivity contribution >= 4 is 15.9 Å². The van der Waals surface area contributed by atoms with Crippen LogP contribution in [0.3, 0.4) is 0 Å². The molecule has 0 amide bonds. The summed E-state index contributed by atoms with van der Waals surface area (Å²) >= 11 is 3.38. The second-order valence-corrected chi connectivity index (χ2v) is 4.06. The predicted molar refractivity (Wildman–Crippen MR) is 50.9 cm³/mol. The van der Waals surface area contributed by atoms with Crippen LogP contribution in [0.4, 0.5) is 0 Å². The topological polar surface area (TPSA) is 32.3 Å². The molecule has 2 rings (SSSR count). The summed E-state index contributed by atoms with van der Waals surface area (Å²) in [6.45, 7) is 1.31. The number of rotatable bonds is 1. The molecule has 1 fully saturated rings. The summed E-state index contributed by atoms with van der Waals surface area (Å²) in [6, 6.07) is 7.81. The minimum atomic E-state index is -0.635. The molecule has 1 aromatic carbocycles. The minimum absolute atomic E-state index is 0.635. The molecule has 0 aromatic heterocycles. The summed E-state index contributed by atoms with van der Waals surface area (Å²) in [5, 5.41) is 13.0. The third-order valence-corrected chi connectivity index (χ3v) is 2.69. The summed E-state index contributed by atoms with van der Waals surface area (Å²) in [5.41, 5.74) is 0.347. The smallest absolute Gasteiger partial charge is 0.114 e. The van der Waals surface area contributed by atoms with Crippen molar-refractivity contribution < 1.29 is 5.11 Å². The zero-order valence-corrected chi connectivity index (χ0v) is 8.13. The fourth-order valence-corrected chi connectivity index (χ4v) is 1.74. The maximum atomic E-state index is 9.92. The van der Waals surface area contributed by atoms with Gasteiger partial charge in [-0.3, -0.25) is 0 Å². The van der Waals surface area contributed by atoms with Gasteiger partial charge in [-0.2, -0.15) is 0 Å². The first-order valence-corrected chi connectivity index (χ1v) is 4.69. The molecule has 12 heavy (non-hydrogen) atoms. The standard InChI is InChI=1S/C9H10BrNO/c10-8-3-1-2-7(4-8)9(12)5-11-6-9/h1-4,11-12H,5-6H2. The van der Waals surface area contributed by atoms with E-state index in [-0.39, 0.29) is 0 Å².